The smallest absolute Gasteiger partial charge is 0.196 e. The molecule has 1 aliphatic heterocycles. The molecule has 0 unspecified atom stereocenters. The van der Waals surface area contributed by atoms with Crippen LogP contribution in [0.25, 0.3) is 11.3 Å². The van der Waals surface area contributed by atoms with Gasteiger partial charge in [0.25, 0.3) is 0 Å². The number of ether oxygens (including phenoxy) is 2. The Kier molecular flexibility index (Phi) is 3.42. The fourth-order valence-electron chi connectivity index (χ4n) is 2.85. The van der Waals surface area contributed by atoms with E-state index >= 15 is 0 Å². The van der Waals surface area contributed by atoms with Gasteiger partial charge in [-0.05, 0) is 12.1 Å². The van der Waals surface area contributed by atoms with Crippen LogP contribution in [0.4, 0.5) is 0 Å². The van der Waals surface area contributed by atoms with Crippen LogP contribution in [0.5, 0.6) is 23.0 Å². The standard InChI is InChI=1S/C20H19NO2Si/c1-24(2,3)17-13-21-18(14-9-5-4-6-10-14)20-19(17)22-15-11-7-8-12-16(15)23-20/h4-13H,1-3H3. The average Bonchev–Trinajstić information content (AvgIpc) is 2.59. The number of hydrogen-bond acceptors (Lipinski definition) is 3. The van der Waals surface area contributed by atoms with E-state index in [1.807, 2.05) is 60.8 Å². The molecule has 1 aromatic heterocycles. The highest BCUT2D eigenvalue weighted by molar-refractivity contribution is 6.89. The molecule has 2 aromatic carbocycles. The topological polar surface area (TPSA) is 31.4 Å². The van der Waals surface area contributed by atoms with Crippen LogP contribution in [0.15, 0.2) is 60.8 Å². The summed E-state index contributed by atoms with van der Waals surface area (Å²) in [6.45, 7) is 6.86. The van der Waals surface area contributed by atoms with Crippen LogP contribution >= 0.6 is 0 Å². The van der Waals surface area contributed by atoms with Crippen LogP contribution in [0.3, 0.4) is 0 Å². The second kappa shape index (κ2) is 5.49. The number of benzene rings is 2. The predicted molar refractivity (Wildman–Crippen MR) is 99.2 cm³/mol. The molecule has 0 N–H and O–H groups in total. The van der Waals surface area contributed by atoms with E-state index in [1.165, 1.54) is 5.19 Å². The number of rotatable bonds is 2. The Labute approximate surface area is 142 Å². The lowest BCUT2D eigenvalue weighted by Crippen LogP contribution is -2.39. The molecule has 0 fully saturated rings. The minimum Gasteiger partial charge on any atom is -0.449 e. The van der Waals surface area contributed by atoms with Crippen molar-refractivity contribution in [2.24, 2.45) is 0 Å². The predicted octanol–water partition coefficient (Wildman–Crippen LogP) is 5.19. The highest BCUT2D eigenvalue weighted by Crippen LogP contribution is 2.48. The molecule has 0 radical (unpaired) electrons. The fourth-order valence-corrected chi connectivity index (χ4v) is 4.14. The molecule has 0 spiro atoms. The molecule has 0 saturated carbocycles. The summed E-state index contributed by atoms with van der Waals surface area (Å²) in [6, 6.07) is 17.9. The van der Waals surface area contributed by atoms with E-state index in [0.717, 1.165) is 34.3 Å². The number of aromatic nitrogens is 1. The Morgan fingerprint density at radius 3 is 1.96 bits per heavy atom. The molecule has 0 aliphatic carbocycles. The van der Waals surface area contributed by atoms with Crippen molar-refractivity contribution in [3.05, 3.63) is 60.8 Å². The summed E-state index contributed by atoms with van der Waals surface area (Å²) in [7, 11) is -1.63. The van der Waals surface area contributed by atoms with Gasteiger partial charge in [-0.15, -0.1) is 0 Å². The lowest BCUT2D eigenvalue weighted by atomic mass is 10.1. The van der Waals surface area contributed by atoms with Crippen molar-refractivity contribution in [3.63, 3.8) is 0 Å². The van der Waals surface area contributed by atoms with Gasteiger partial charge in [-0.25, -0.2) is 0 Å². The summed E-state index contributed by atoms with van der Waals surface area (Å²) in [5.74, 6) is 3.04. The Bertz CT molecular complexity index is 901. The van der Waals surface area contributed by atoms with Crippen LogP contribution in [-0.2, 0) is 0 Å². The third kappa shape index (κ3) is 2.49. The quantitative estimate of drug-likeness (QED) is 0.473. The maximum Gasteiger partial charge on any atom is 0.196 e. The van der Waals surface area contributed by atoms with E-state index in [2.05, 4.69) is 19.6 Å². The van der Waals surface area contributed by atoms with E-state index in [-0.39, 0.29) is 0 Å². The lowest BCUT2D eigenvalue weighted by Gasteiger charge is -2.28. The van der Waals surface area contributed by atoms with E-state index in [4.69, 9.17) is 14.5 Å². The summed E-state index contributed by atoms with van der Waals surface area (Å²) in [5, 5.41) is 1.17. The molecule has 120 valence electrons. The van der Waals surface area contributed by atoms with Gasteiger partial charge in [-0.3, -0.25) is 4.98 Å². The molecule has 0 saturated heterocycles. The van der Waals surface area contributed by atoms with Gasteiger partial charge in [-0.1, -0.05) is 62.1 Å². The van der Waals surface area contributed by atoms with Gasteiger partial charge < -0.3 is 9.47 Å². The Balaban J connectivity index is 1.95. The van der Waals surface area contributed by atoms with Gasteiger partial charge >= 0.3 is 0 Å². The van der Waals surface area contributed by atoms with Gasteiger partial charge in [0.05, 0.1) is 8.07 Å². The highest BCUT2D eigenvalue weighted by atomic mass is 28.3. The Morgan fingerprint density at radius 2 is 1.33 bits per heavy atom. The first kappa shape index (κ1) is 15.0. The first-order valence-corrected chi connectivity index (χ1v) is 11.6. The molecule has 1 aliphatic rings. The first-order chi connectivity index (χ1) is 11.5. The molecule has 2 heterocycles. The molecule has 4 rings (SSSR count). The zero-order valence-electron chi connectivity index (χ0n) is 14.0. The Morgan fingerprint density at radius 1 is 0.750 bits per heavy atom. The van der Waals surface area contributed by atoms with Crippen LogP contribution in [-0.4, -0.2) is 13.1 Å². The number of fused-ring (bicyclic) bond motifs is 2. The largest absolute Gasteiger partial charge is 0.449 e. The van der Waals surface area contributed by atoms with Crippen LogP contribution in [0.1, 0.15) is 0 Å². The summed E-state index contributed by atoms with van der Waals surface area (Å²) in [4.78, 5) is 4.73. The van der Waals surface area contributed by atoms with E-state index in [0.29, 0.717) is 0 Å². The number of hydrogen-bond donors (Lipinski definition) is 0. The molecule has 0 amide bonds. The van der Waals surface area contributed by atoms with Crippen molar-refractivity contribution in [3.8, 4) is 34.3 Å². The number of para-hydroxylation sites is 2. The van der Waals surface area contributed by atoms with Gasteiger partial charge in [0.1, 0.15) is 5.69 Å². The third-order valence-electron chi connectivity index (χ3n) is 4.12. The van der Waals surface area contributed by atoms with Crippen molar-refractivity contribution in [1.29, 1.82) is 0 Å². The first-order valence-electron chi connectivity index (χ1n) is 8.08. The minimum atomic E-state index is -1.63. The molecule has 4 heteroatoms. The summed E-state index contributed by atoms with van der Waals surface area (Å²) < 4.78 is 12.5. The summed E-state index contributed by atoms with van der Waals surface area (Å²) >= 11 is 0. The van der Waals surface area contributed by atoms with E-state index in [1.54, 1.807) is 0 Å². The minimum absolute atomic E-state index is 0.722. The SMILES string of the molecule is C[Si](C)(C)c1cnc(-c2ccccc2)c2c1Oc1ccccc1O2. The highest BCUT2D eigenvalue weighted by Gasteiger charge is 2.31. The normalized spacial score (nSPS) is 12.6. The van der Waals surface area contributed by atoms with E-state index < -0.39 is 8.07 Å². The molecule has 0 atom stereocenters. The molecule has 3 nitrogen and oxygen atoms in total. The Hall–Kier alpha value is -2.59. The molecular weight excluding hydrogens is 314 g/mol. The lowest BCUT2D eigenvalue weighted by molar-refractivity contribution is 0.361. The van der Waals surface area contributed by atoms with E-state index in [9.17, 15) is 0 Å². The second-order valence-electron chi connectivity index (χ2n) is 6.95. The molecule has 24 heavy (non-hydrogen) atoms. The van der Waals surface area contributed by atoms with Crippen molar-refractivity contribution in [2.45, 2.75) is 19.6 Å². The van der Waals surface area contributed by atoms with Crippen molar-refractivity contribution < 1.29 is 9.47 Å². The summed E-state index contributed by atoms with van der Waals surface area (Å²) in [5.41, 5.74) is 1.85. The maximum atomic E-state index is 6.27. The molecule has 3 aromatic rings. The maximum absolute atomic E-state index is 6.27. The van der Waals surface area contributed by atoms with Crippen molar-refractivity contribution in [1.82, 2.24) is 4.98 Å². The average molecular weight is 333 g/mol. The van der Waals surface area contributed by atoms with Gasteiger partial charge in [0, 0.05) is 16.9 Å². The summed E-state index contributed by atoms with van der Waals surface area (Å²) in [6.07, 6.45) is 1.96. The molecular formula is C20H19NO2Si. The number of pyridine rings is 1. The fraction of sp³-hybridized carbons (Fsp3) is 0.150. The third-order valence-corrected chi connectivity index (χ3v) is 6.09. The van der Waals surface area contributed by atoms with Crippen LogP contribution < -0.4 is 14.7 Å². The van der Waals surface area contributed by atoms with Gasteiger partial charge in [0.2, 0.25) is 0 Å². The number of nitrogens with zero attached hydrogens (tertiary/aromatic N) is 1. The van der Waals surface area contributed by atoms with Crippen LogP contribution in [0.2, 0.25) is 19.6 Å². The zero-order valence-corrected chi connectivity index (χ0v) is 15.0. The van der Waals surface area contributed by atoms with Gasteiger partial charge in [0.15, 0.2) is 23.0 Å². The zero-order chi connectivity index (χ0) is 16.7. The molecule has 0 bridgehead atoms. The van der Waals surface area contributed by atoms with Crippen molar-refractivity contribution in [2.75, 3.05) is 0 Å². The monoisotopic (exact) mass is 333 g/mol. The van der Waals surface area contributed by atoms with Crippen LogP contribution in [0, 0.1) is 0 Å². The van der Waals surface area contributed by atoms with Gasteiger partial charge in [-0.2, -0.15) is 0 Å². The van der Waals surface area contributed by atoms with Crippen molar-refractivity contribution >= 4 is 13.3 Å². The second-order valence-corrected chi connectivity index (χ2v) is 12.0.